The number of aliphatic hydroxyl groups is 1. The molecule has 1 aliphatic carbocycles. The van der Waals surface area contributed by atoms with Crippen molar-refractivity contribution in [2.45, 2.75) is 58.3 Å². The summed E-state index contributed by atoms with van der Waals surface area (Å²) in [5.41, 5.74) is 2.02. The van der Waals surface area contributed by atoms with Gasteiger partial charge < -0.3 is 15.2 Å². The van der Waals surface area contributed by atoms with E-state index in [4.69, 9.17) is 4.74 Å². The van der Waals surface area contributed by atoms with E-state index in [0.29, 0.717) is 25.8 Å². The van der Waals surface area contributed by atoms with E-state index in [1.165, 1.54) is 12.8 Å². The molecule has 4 heteroatoms. The van der Waals surface area contributed by atoms with Crippen LogP contribution in [-0.4, -0.2) is 35.5 Å². The Hall–Kier alpha value is -0.970. The van der Waals surface area contributed by atoms with Gasteiger partial charge in [0.2, 0.25) is 0 Å². The molecule has 0 radical (unpaired) electrons. The van der Waals surface area contributed by atoms with Crippen LogP contribution in [-0.2, 0) is 11.3 Å². The van der Waals surface area contributed by atoms with Gasteiger partial charge in [-0.1, -0.05) is 25.8 Å². The third kappa shape index (κ3) is 6.12. The second-order valence-corrected chi connectivity index (χ2v) is 6.28. The van der Waals surface area contributed by atoms with Crippen LogP contribution in [0.3, 0.4) is 0 Å². The Labute approximate surface area is 127 Å². The molecule has 0 aromatic carbocycles. The van der Waals surface area contributed by atoms with Gasteiger partial charge in [-0.25, -0.2) is 0 Å². The van der Waals surface area contributed by atoms with Gasteiger partial charge in [0, 0.05) is 18.8 Å². The highest BCUT2D eigenvalue weighted by Gasteiger charge is 2.20. The van der Waals surface area contributed by atoms with Crippen molar-refractivity contribution in [1.29, 1.82) is 0 Å². The summed E-state index contributed by atoms with van der Waals surface area (Å²) >= 11 is 0. The molecule has 0 spiro atoms. The molecule has 2 N–H and O–H groups in total. The lowest BCUT2D eigenvalue weighted by Gasteiger charge is -2.27. The number of aryl methyl sites for hydroxylation is 1. The maximum atomic E-state index is 9.97. The van der Waals surface area contributed by atoms with Gasteiger partial charge in [-0.15, -0.1) is 0 Å². The van der Waals surface area contributed by atoms with Crippen molar-refractivity contribution in [3.8, 4) is 0 Å². The summed E-state index contributed by atoms with van der Waals surface area (Å²) < 4.78 is 5.83. The third-order valence-electron chi connectivity index (χ3n) is 4.04. The summed E-state index contributed by atoms with van der Waals surface area (Å²) in [6.07, 6.45) is 4.71. The minimum Gasteiger partial charge on any atom is -0.389 e. The zero-order valence-electron chi connectivity index (χ0n) is 13.2. The van der Waals surface area contributed by atoms with Gasteiger partial charge in [-0.2, -0.15) is 0 Å². The lowest BCUT2D eigenvalue weighted by atomic mass is 9.89. The van der Waals surface area contributed by atoms with Crippen LogP contribution < -0.4 is 5.32 Å². The topological polar surface area (TPSA) is 54.4 Å². The van der Waals surface area contributed by atoms with Crippen LogP contribution in [0.25, 0.3) is 0 Å². The van der Waals surface area contributed by atoms with E-state index in [9.17, 15) is 5.11 Å². The highest BCUT2D eigenvalue weighted by Crippen LogP contribution is 2.25. The third-order valence-corrected chi connectivity index (χ3v) is 4.04. The standard InChI is InChI=1S/C17H28N2O2/c1-13-5-3-8-17(9-13)21-12-16(20)11-18-10-15-7-4-6-14(2)19-15/h4,6-7,13,16-18,20H,3,5,8-12H2,1-2H3. The average molecular weight is 292 g/mol. The number of hydrogen-bond acceptors (Lipinski definition) is 4. The number of aromatic nitrogens is 1. The van der Waals surface area contributed by atoms with Crippen molar-refractivity contribution in [2.75, 3.05) is 13.2 Å². The Morgan fingerprint density at radius 2 is 2.29 bits per heavy atom. The summed E-state index contributed by atoms with van der Waals surface area (Å²) in [5.74, 6) is 0.756. The zero-order chi connectivity index (χ0) is 15.1. The molecule has 4 nitrogen and oxygen atoms in total. The summed E-state index contributed by atoms with van der Waals surface area (Å²) in [7, 11) is 0. The van der Waals surface area contributed by atoms with Crippen LogP contribution >= 0.6 is 0 Å². The Morgan fingerprint density at radius 3 is 3.05 bits per heavy atom. The first-order valence-corrected chi connectivity index (χ1v) is 8.06. The SMILES string of the molecule is Cc1cccc(CNCC(O)COC2CCCC(C)C2)n1. The van der Waals surface area contributed by atoms with E-state index >= 15 is 0 Å². The molecule has 3 unspecified atom stereocenters. The fraction of sp³-hybridized carbons (Fsp3) is 0.706. The van der Waals surface area contributed by atoms with Gasteiger partial charge in [0.15, 0.2) is 0 Å². The molecule has 21 heavy (non-hydrogen) atoms. The van der Waals surface area contributed by atoms with E-state index in [0.717, 1.165) is 30.1 Å². The van der Waals surface area contributed by atoms with Gasteiger partial charge in [0.25, 0.3) is 0 Å². The summed E-state index contributed by atoms with van der Waals surface area (Å²) in [6.45, 7) is 5.91. The lowest BCUT2D eigenvalue weighted by Crippen LogP contribution is -2.33. The lowest BCUT2D eigenvalue weighted by molar-refractivity contribution is -0.0306. The van der Waals surface area contributed by atoms with E-state index in [2.05, 4.69) is 17.2 Å². The van der Waals surface area contributed by atoms with Crippen LogP contribution in [0, 0.1) is 12.8 Å². The van der Waals surface area contributed by atoms with E-state index < -0.39 is 6.10 Å². The van der Waals surface area contributed by atoms with Crippen LogP contribution in [0.5, 0.6) is 0 Å². The molecule has 1 aliphatic rings. The van der Waals surface area contributed by atoms with Gasteiger partial charge >= 0.3 is 0 Å². The first kappa shape index (κ1) is 16.4. The predicted octanol–water partition coefficient (Wildman–Crippen LogP) is 2.44. The van der Waals surface area contributed by atoms with Crippen LogP contribution in [0.15, 0.2) is 18.2 Å². The van der Waals surface area contributed by atoms with Crippen LogP contribution in [0.1, 0.15) is 44.0 Å². The smallest absolute Gasteiger partial charge is 0.0897 e. The normalized spacial score (nSPS) is 24.0. The number of hydrogen-bond donors (Lipinski definition) is 2. The predicted molar refractivity (Wildman–Crippen MR) is 84.1 cm³/mol. The molecule has 1 aromatic heterocycles. The molecule has 1 aromatic rings. The second-order valence-electron chi connectivity index (χ2n) is 6.28. The summed E-state index contributed by atoms with van der Waals surface area (Å²) in [4.78, 5) is 4.42. The van der Waals surface area contributed by atoms with Gasteiger partial charge in [-0.3, -0.25) is 4.98 Å². The monoisotopic (exact) mass is 292 g/mol. The molecule has 0 aliphatic heterocycles. The fourth-order valence-electron chi connectivity index (χ4n) is 2.90. The minimum absolute atomic E-state index is 0.335. The highest BCUT2D eigenvalue weighted by molar-refractivity contribution is 5.09. The highest BCUT2D eigenvalue weighted by atomic mass is 16.5. The van der Waals surface area contributed by atoms with Gasteiger partial charge in [-0.05, 0) is 37.8 Å². The Kier molecular flexibility index (Phi) is 6.61. The molecule has 2 rings (SSSR count). The summed E-state index contributed by atoms with van der Waals surface area (Å²) in [5, 5.41) is 13.2. The molecule has 1 saturated carbocycles. The number of aliphatic hydroxyl groups excluding tert-OH is 1. The number of ether oxygens (including phenoxy) is 1. The van der Waals surface area contributed by atoms with E-state index in [1.54, 1.807) is 0 Å². The number of rotatable bonds is 7. The van der Waals surface area contributed by atoms with Gasteiger partial charge in [0.05, 0.1) is 24.5 Å². The molecule has 1 fully saturated rings. The molecule has 0 amide bonds. The fourth-order valence-corrected chi connectivity index (χ4v) is 2.90. The molecule has 118 valence electrons. The number of nitrogens with zero attached hydrogens (tertiary/aromatic N) is 1. The van der Waals surface area contributed by atoms with Gasteiger partial charge in [0.1, 0.15) is 0 Å². The Balaban J connectivity index is 1.60. The van der Waals surface area contributed by atoms with Crippen molar-refractivity contribution in [2.24, 2.45) is 5.92 Å². The molecular formula is C17H28N2O2. The molecule has 0 saturated heterocycles. The van der Waals surface area contributed by atoms with Crippen LogP contribution in [0.4, 0.5) is 0 Å². The maximum absolute atomic E-state index is 9.97. The second kappa shape index (κ2) is 8.47. The number of pyridine rings is 1. The van der Waals surface area contributed by atoms with Crippen molar-refractivity contribution >= 4 is 0 Å². The van der Waals surface area contributed by atoms with Crippen molar-refractivity contribution in [3.63, 3.8) is 0 Å². The average Bonchev–Trinajstić information content (AvgIpc) is 2.45. The Morgan fingerprint density at radius 1 is 1.43 bits per heavy atom. The molecule has 3 atom stereocenters. The van der Waals surface area contributed by atoms with Crippen molar-refractivity contribution in [3.05, 3.63) is 29.6 Å². The Bertz CT molecular complexity index is 425. The first-order chi connectivity index (χ1) is 10.1. The molecule has 1 heterocycles. The first-order valence-electron chi connectivity index (χ1n) is 8.06. The molecule has 0 bridgehead atoms. The largest absolute Gasteiger partial charge is 0.389 e. The quantitative estimate of drug-likeness (QED) is 0.810. The molecular weight excluding hydrogens is 264 g/mol. The van der Waals surface area contributed by atoms with Crippen LogP contribution in [0.2, 0.25) is 0 Å². The summed E-state index contributed by atoms with van der Waals surface area (Å²) in [6, 6.07) is 5.98. The van der Waals surface area contributed by atoms with E-state index in [1.807, 2.05) is 25.1 Å². The maximum Gasteiger partial charge on any atom is 0.0897 e. The van der Waals surface area contributed by atoms with Crippen molar-refractivity contribution < 1.29 is 9.84 Å². The van der Waals surface area contributed by atoms with Crippen molar-refractivity contribution in [1.82, 2.24) is 10.3 Å². The zero-order valence-corrected chi connectivity index (χ0v) is 13.2. The number of nitrogens with one attached hydrogen (secondary N) is 1. The van der Waals surface area contributed by atoms with E-state index in [-0.39, 0.29) is 0 Å². The minimum atomic E-state index is -0.452.